The Morgan fingerprint density at radius 1 is 1.50 bits per heavy atom. The van der Waals surface area contributed by atoms with E-state index in [0.717, 1.165) is 16.6 Å². The molecule has 0 aromatic carbocycles. The number of halogens is 1. The molecule has 2 fully saturated rings. The Kier molecular flexibility index (Phi) is 4.38. The lowest BCUT2D eigenvalue weighted by atomic mass is 10.0. The number of likely N-dealkylation sites (tertiary alicyclic amines) is 1. The molecular formula is C15H21ClN3O2S+. The molecule has 0 aliphatic carbocycles. The zero-order valence-corrected chi connectivity index (χ0v) is 14.2. The minimum atomic E-state index is -0.577. The first-order chi connectivity index (χ1) is 10.4. The molecule has 3 rings (SSSR count). The van der Waals surface area contributed by atoms with Gasteiger partial charge in [-0.1, -0.05) is 6.08 Å². The van der Waals surface area contributed by atoms with Gasteiger partial charge in [0, 0.05) is 18.6 Å². The predicted octanol–water partition coefficient (Wildman–Crippen LogP) is 1.04. The molecular weight excluding hydrogens is 322 g/mol. The number of thioether (sulfide) groups is 1. The van der Waals surface area contributed by atoms with Crippen molar-refractivity contribution in [3.05, 3.63) is 23.4 Å². The number of nitrogens with two attached hydrogens (primary N) is 1. The summed E-state index contributed by atoms with van der Waals surface area (Å²) in [5, 5.41) is -0.725. The van der Waals surface area contributed by atoms with Crippen LogP contribution in [-0.4, -0.2) is 64.4 Å². The van der Waals surface area contributed by atoms with Crippen molar-refractivity contribution in [1.29, 1.82) is 0 Å². The lowest BCUT2D eigenvalue weighted by molar-refractivity contribution is -0.891. The van der Waals surface area contributed by atoms with Gasteiger partial charge in [0.25, 0.3) is 5.24 Å². The summed E-state index contributed by atoms with van der Waals surface area (Å²) in [6.07, 6.45) is 6.61. The quantitative estimate of drug-likeness (QED) is 0.471. The summed E-state index contributed by atoms with van der Waals surface area (Å²) in [5.74, 6) is 0.446. The number of allylic oxidation sites excluding steroid dienone is 2. The van der Waals surface area contributed by atoms with Gasteiger partial charge in [0.2, 0.25) is 5.91 Å². The molecule has 0 aromatic rings. The number of hydrogen-bond donors (Lipinski definition) is 1. The smallest absolute Gasteiger partial charge is 0.269 e. The third-order valence-corrected chi connectivity index (χ3v) is 6.24. The highest BCUT2D eigenvalue weighted by Crippen LogP contribution is 2.40. The first-order valence-corrected chi connectivity index (χ1v) is 8.99. The Balaban J connectivity index is 1.78. The third kappa shape index (κ3) is 2.73. The molecule has 5 nitrogen and oxygen atoms in total. The van der Waals surface area contributed by atoms with Crippen molar-refractivity contribution in [2.45, 2.75) is 24.3 Å². The largest absolute Gasteiger partial charge is 0.323 e. The molecule has 1 amide bonds. The van der Waals surface area contributed by atoms with E-state index in [2.05, 4.69) is 13.1 Å². The summed E-state index contributed by atoms with van der Waals surface area (Å²) < 4.78 is 1.04. The summed E-state index contributed by atoms with van der Waals surface area (Å²) in [6.45, 7) is 3.33. The van der Waals surface area contributed by atoms with Gasteiger partial charge in [-0.05, 0) is 23.3 Å². The number of nitrogens with zero attached hydrogens (tertiary/aromatic N) is 2. The Bertz CT molecular complexity index is 569. The van der Waals surface area contributed by atoms with Crippen LogP contribution in [0.1, 0.15) is 12.8 Å². The Hall–Kier alpha value is -0.820. The molecule has 3 aliphatic heterocycles. The Morgan fingerprint density at radius 2 is 2.18 bits per heavy atom. The lowest BCUT2D eigenvalue weighted by Gasteiger charge is -2.48. The van der Waals surface area contributed by atoms with Gasteiger partial charge < -0.3 is 10.2 Å². The van der Waals surface area contributed by atoms with E-state index in [4.69, 9.17) is 17.3 Å². The topological polar surface area (TPSA) is 63.4 Å². The van der Waals surface area contributed by atoms with Crippen molar-refractivity contribution < 1.29 is 14.1 Å². The van der Waals surface area contributed by atoms with Crippen molar-refractivity contribution in [1.82, 2.24) is 4.90 Å². The molecule has 0 radical (unpaired) electrons. The van der Waals surface area contributed by atoms with E-state index >= 15 is 0 Å². The number of carbonyl (C=O) groups excluding carboxylic acids is 2. The van der Waals surface area contributed by atoms with Gasteiger partial charge in [-0.3, -0.25) is 14.5 Å². The SMILES string of the molecule is C[N+]1(CC=CC2=C(C(=O)Cl)N3C(=O)[C@@H](N)[C@H]3SC2)CCCC1. The number of carbonyl (C=O) groups is 2. The number of amides is 1. The van der Waals surface area contributed by atoms with Crippen molar-refractivity contribution in [2.75, 3.05) is 32.4 Å². The zero-order chi connectivity index (χ0) is 15.9. The van der Waals surface area contributed by atoms with Crippen molar-refractivity contribution in [3.63, 3.8) is 0 Å². The average molecular weight is 343 g/mol. The van der Waals surface area contributed by atoms with Gasteiger partial charge >= 0.3 is 0 Å². The minimum Gasteiger partial charge on any atom is -0.323 e. The third-order valence-electron chi connectivity index (χ3n) is 4.74. The Labute approximate surface area is 139 Å². The van der Waals surface area contributed by atoms with Gasteiger partial charge in [0.15, 0.2) is 0 Å². The van der Waals surface area contributed by atoms with Crippen LogP contribution in [0.3, 0.4) is 0 Å². The molecule has 0 bridgehead atoms. The van der Waals surface area contributed by atoms with Crippen molar-refractivity contribution in [3.8, 4) is 0 Å². The van der Waals surface area contributed by atoms with Gasteiger partial charge in [0.05, 0.1) is 26.7 Å². The Morgan fingerprint density at radius 3 is 2.82 bits per heavy atom. The van der Waals surface area contributed by atoms with Crippen LogP contribution in [0, 0.1) is 0 Å². The van der Waals surface area contributed by atoms with Gasteiger partial charge in [-0.2, -0.15) is 0 Å². The van der Waals surface area contributed by atoms with Crippen LogP contribution < -0.4 is 5.73 Å². The van der Waals surface area contributed by atoms with Crippen LogP contribution in [0.5, 0.6) is 0 Å². The second-order valence-electron chi connectivity index (χ2n) is 6.44. The summed E-state index contributed by atoms with van der Waals surface area (Å²) in [6, 6.07) is -0.518. The maximum absolute atomic E-state index is 11.9. The predicted molar refractivity (Wildman–Crippen MR) is 88.1 cm³/mol. The molecule has 0 aromatic heterocycles. The average Bonchev–Trinajstić information content (AvgIpc) is 2.92. The van der Waals surface area contributed by atoms with Gasteiger partial charge in [-0.25, -0.2) is 0 Å². The fourth-order valence-electron chi connectivity index (χ4n) is 3.38. The normalized spacial score (nSPS) is 30.7. The van der Waals surface area contributed by atoms with E-state index in [1.54, 1.807) is 11.8 Å². The van der Waals surface area contributed by atoms with Crippen LogP contribution in [0.2, 0.25) is 0 Å². The molecule has 120 valence electrons. The highest BCUT2D eigenvalue weighted by atomic mass is 35.5. The lowest BCUT2D eigenvalue weighted by Crippen LogP contribution is -2.68. The molecule has 2 atom stereocenters. The molecule has 2 saturated heterocycles. The second-order valence-corrected chi connectivity index (χ2v) is 7.89. The fraction of sp³-hybridized carbons (Fsp3) is 0.600. The molecule has 0 saturated carbocycles. The first kappa shape index (κ1) is 16.1. The number of β-lactam (4-membered cyclic amide) rings is 1. The van der Waals surface area contributed by atoms with Crippen LogP contribution in [0.25, 0.3) is 0 Å². The maximum atomic E-state index is 11.9. The van der Waals surface area contributed by atoms with Crippen molar-refractivity contribution in [2.24, 2.45) is 5.73 Å². The van der Waals surface area contributed by atoms with Crippen LogP contribution in [0.4, 0.5) is 0 Å². The number of rotatable bonds is 4. The summed E-state index contributed by atoms with van der Waals surface area (Å²) >= 11 is 7.30. The van der Waals surface area contributed by atoms with Crippen molar-refractivity contribution >= 4 is 34.5 Å². The molecule has 3 aliphatic rings. The van der Waals surface area contributed by atoms with Crippen LogP contribution >= 0.6 is 23.4 Å². The van der Waals surface area contributed by atoms with E-state index in [0.29, 0.717) is 11.4 Å². The molecule has 7 heteroatoms. The first-order valence-electron chi connectivity index (χ1n) is 7.56. The van der Waals surface area contributed by atoms with Gasteiger partial charge in [0.1, 0.15) is 17.1 Å². The number of likely N-dealkylation sites (N-methyl/N-ethyl adjacent to an activating group) is 1. The summed E-state index contributed by atoms with van der Waals surface area (Å²) in [4.78, 5) is 25.1. The van der Waals surface area contributed by atoms with Crippen LogP contribution in [0.15, 0.2) is 23.4 Å². The monoisotopic (exact) mass is 342 g/mol. The minimum absolute atomic E-state index is 0.148. The highest BCUT2D eigenvalue weighted by Gasteiger charge is 2.51. The van der Waals surface area contributed by atoms with E-state index in [1.807, 2.05) is 6.08 Å². The molecule has 22 heavy (non-hydrogen) atoms. The molecule has 0 unspecified atom stereocenters. The fourth-order valence-corrected chi connectivity index (χ4v) is 4.86. The number of hydrogen-bond acceptors (Lipinski definition) is 4. The number of quaternary nitrogens is 1. The van der Waals surface area contributed by atoms with Crippen LogP contribution in [-0.2, 0) is 9.59 Å². The summed E-state index contributed by atoms with van der Waals surface area (Å²) in [7, 11) is 2.25. The molecule has 2 N–H and O–H groups in total. The maximum Gasteiger partial charge on any atom is 0.269 e. The van der Waals surface area contributed by atoms with Gasteiger partial charge in [-0.15, -0.1) is 11.8 Å². The molecule has 0 spiro atoms. The molecule has 3 heterocycles. The van der Waals surface area contributed by atoms with E-state index in [-0.39, 0.29) is 11.3 Å². The second kappa shape index (κ2) is 6.00. The van der Waals surface area contributed by atoms with E-state index < -0.39 is 11.3 Å². The number of fused-ring (bicyclic) bond motifs is 1. The highest BCUT2D eigenvalue weighted by molar-refractivity contribution is 8.00. The van der Waals surface area contributed by atoms with E-state index in [1.165, 1.54) is 30.8 Å². The summed E-state index contributed by atoms with van der Waals surface area (Å²) in [5.41, 5.74) is 6.92. The van der Waals surface area contributed by atoms with E-state index in [9.17, 15) is 9.59 Å². The standard InChI is InChI=1S/C15H21ClN3O2S/c1-19(6-2-3-7-19)8-4-5-10-9-22-15-11(17)14(21)18(15)12(10)13(16)20/h4-5,11,15H,2-3,6-9,17H2,1H3/q+1/t11-,15-/m1/s1. The zero-order valence-electron chi connectivity index (χ0n) is 12.6.